The molecule has 0 saturated carbocycles. The van der Waals surface area contributed by atoms with Gasteiger partial charge < -0.3 is 0 Å². The Balaban J connectivity index is 2.41. The normalized spacial score (nSPS) is 11.5. The predicted molar refractivity (Wildman–Crippen MR) is 119 cm³/mol. The Kier molecular flexibility index (Phi) is 5.94. The molecule has 3 aromatic carbocycles. The summed E-state index contributed by atoms with van der Waals surface area (Å²) in [6.07, 6.45) is 3.72. The summed E-state index contributed by atoms with van der Waals surface area (Å²) >= 11 is 0. The van der Waals surface area contributed by atoms with Crippen LogP contribution in [0.25, 0.3) is 0 Å². The van der Waals surface area contributed by atoms with Crippen molar-refractivity contribution in [2.45, 2.75) is 40.5 Å². The Hall–Kier alpha value is -1.91. The van der Waals surface area contributed by atoms with Gasteiger partial charge in [-0.05, 0) is 62.1 Å². The van der Waals surface area contributed by atoms with Crippen LogP contribution in [0.1, 0.15) is 36.5 Å². The van der Waals surface area contributed by atoms with Crippen molar-refractivity contribution in [2.24, 2.45) is 0 Å². The molecule has 0 bridgehead atoms. The second-order valence-corrected chi connectivity index (χ2v) is 10.8. The lowest BCUT2D eigenvalue weighted by Gasteiger charge is -2.31. The van der Waals surface area contributed by atoms with Gasteiger partial charge in [-0.2, -0.15) is 0 Å². The van der Waals surface area contributed by atoms with Gasteiger partial charge in [-0.15, -0.1) is 0 Å². The van der Waals surface area contributed by atoms with Crippen LogP contribution in [0.15, 0.2) is 72.8 Å². The monoisotopic (exact) mass is 361 g/mol. The van der Waals surface area contributed by atoms with Crippen LogP contribution in [0.5, 0.6) is 0 Å². The molecule has 0 atom stereocenters. The Morgan fingerprint density at radius 1 is 0.577 bits per heavy atom. The number of aryl methyl sites for hydroxylation is 3. The van der Waals surface area contributed by atoms with Gasteiger partial charge in [-0.3, -0.25) is 0 Å². The average Bonchev–Trinajstić information content (AvgIpc) is 2.65. The first-order valence-electron chi connectivity index (χ1n) is 9.68. The third kappa shape index (κ3) is 3.36. The predicted octanol–water partition coefficient (Wildman–Crippen LogP) is 5.71. The zero-order chi connectivity index (χ0) is 18.6. The molecule has 0 N–H and O–H groups in total. The lowest BCUT2D eigenvalue weighted by Crippen LogP contribution is -2.37. The number of unbranched alkanes of at least 4 members (excludes halogenated alkanes) is 1. The first-order chi connectivity index (χ1) is 12.6. The molecule has 0 spiro atoms. The zero-order valence-electron chi connectivity index (χ0n) is 16.5. The number of hydrogen-bond donors (Lipinski definition) is 0. The van der Waals surface area contributed by atoms with E-state index in [1.54, 1.807) is 15.9 Å². The van der Waals surface area contributed by atoms with Gasteiger partial charge in [0.25, 0.3) is 0 Å². The van der Waals surface area contributed by atoms with E-state index in [0.29, 0.717) is 0 Å². The largest absolute Gasteiger partial charge is 0.112 e. The smallest absolute Gasteiger partial charge is 0.0652 e. The fourth-order valence-electron chi connectivity index (χ4n) is 4.12. The van der Waals surface area contributed by atoms with E-state index < -0.39 is 7.26 Å². The summed E-state index contributed by atoms with van der Waals surface area (Å²) in [5.74, 6) is 0. The molecule has 0 unspecified atom stereocenters. The molecule has 0 aliphatic heterocycles. The molecule has 0 aliphatic rings. The van der Waals surface area contributed by atoms with Gasteiger partial charge in [0.1, 0.15) is 23.2 Å². The standard InChI is InChI=1S/C25H30P/c1-5-6-19-26(23-16-10-7-13-20(23)2,24-17-11-8-14-21(24)3)25-18-12-9-15-22(25)4/h7-18H,5-6,19H2,1-4H3/q+1. The summed E-state index contributed by atoms with van der Waals surface area (Å²) in [7, 11) is -1.68. The van der Waals surface area contributed by atoms with Gasteiger partial charge in [-0.1, -0.05) is 67.9 Å². The van der Waals surface area contributed by atoms with E-state index >= 15 is 0 Å². The molecule has 0 nitrogen and oxygen atoms in total. The Labute approximate surface area is 159 Å². The van der Waals surface area contributed by atoms with Crippen molar-refractivity contribution >= 4 is 23.2 Å². The van der Waals surface area contributed by atoms with Gasteiger partial charge in [0.05, 0.1) is 6.16 Å². The number of hydrogen-bond acceptors (Lipinski definition) is 0. The van der Waals surface area contributed by atoms with Gasteiger partial charge in [0, 0.05) is 0 Å². The molecule has 0 fully saturated rings. The minimum atomic E-state index is -1.68. The highest BCUT2D eigenvalue weighted by molar-refractivity contribution is 7.96. The number of benzene rings is 3. The highest BCUT2D eigenvalue weighted by atomic mass is 31.2. The van der Waals surface area contributed by atoms with Gasteiger partial charge in [-0.25, -0.2) is 0 Å². The van der Waals surface area contributed by atoms with Crippen molar-refractivity contribution in [3.05, 3.63) is 89.5 Å². The fraction of sp³-hybridized carbons (Fsp3) is 0.280. The van der Waals surface area contributed by atoms with Crippen LogP contribution in [-0.4, -0.2) is 6.16 Å². The maximum absolute atomic E-state index is 2.39. The van der Waals surface area contributed by atoms with Crippen LogP contribution in [0.4, 0.5) is 0 Å². The maximum atomic E-state index is 2.39. The molecule has 0 radical (unpaired) electrons. The van der Waals surface area contributed by atoms with E-state index in [2.05, 4.69) is 100 Å². The molecule has 0 aromatic heterocycles. The fourth-order valence-corrected chi connectivity index (χ4v) is 9.46. The minimum absolute atomic E-state index is 1.23. The van der Waals surface area contributed by atoms with Crippen molar-refractivity contribution in [3.8, 4) is 0 Å². The zero-order valence-corrected chi connectivity index (χ0v) is 17.4. The van der Waals surface area contributed by atoms with Crippen LogP contribution in [-0.2, 0) is 0 Å². The summed E-state index contributed by atoms with van der Waals surface area (Å²) in [4.78, 5) is 0. The molecule has 0 heterocycles. The Morgan fingerprint density at radius 2 is 0.923 bits per heavy atom. The van der Waals surface area contributed by atoms with E-state index in [1.165, 1.54) is 35.7 Å². The molecular formula is C25H30P+. The molecule has 0 saturated heterocycles. The van der Waals surface area contributed by atoms with Crippen LogP contribution in [0, 0.1) is 20.8 Å². The van der Waals surface area contributed by atoms with E-state index in [4.69, 9.17) is 0 Å². The Bertz CT molecular complexity index is 768. The maximum Gasteiger partial charge on any atom is 0.112 e. The lowest BCUT2D eigenvalue weighted by molar-refractivity contribution is 0.891. The third-order valence-electron chi connectivity index (χ3n) is 5.43. The van der Waals surface area contributed by atoms with Crippen molar-refractivity contribution in [2.75, 3.05) is 6.16 Å². The summed E-state index contributed by atoms with van der Waals surface area (Å²) in [6, 6.07) is 27.2. The second kappa shape index (κ2) is 8.19. The summed E-state index contributed by atoms with van der Waals surface area (Å²) in [6.45, 7) is 9.16. The van der Waals surface area contributed by atoms with Gasteiger partial charge in [0.2, 0.25) is 0 Å². The highest BCUT2D eigenvalue weighted by Gasteiger charge is 2.47. The molecule has 1 heteroatoms. The second-order valence-electron chi connectivity index (χ2n) is 7.25. The lowest BCUT2D eigenvalue weighted by atomic mass is 10.2. The SMILES string of the molecule is CCCC[P+](c1ccccc1C)(c1ccccc1C)c1ccccc1C. The van der Waals surface area contributed by atoms with Crippen LogP contribution >= 0.6 is 7.26 Å². The molecule has 0 amide bonds. The number of rotatable bonds is 6. The van der Waals surface area contributed by atoms with Crippen molar-refractivity contribution < 1.29 is 0 Å². The highest BCUT2D eigenvalue weighted by Crippen LogP contribution is 2.57. The molecule has 0 aliphatic carbocycles. The summed E-state index contributed by atoms with van der Waals surface area (Å²) < 4.78 is 0. The topological polar surface area (TPSA) is 0 Å². The van der Waals surface area contributed by atoms with Crippen molar-refractivity contribution in [3.63, 3.8) is 0 Å². The van der Waals surface area contributed by atoms with Crippen molar-refractivity contribution in [1.29, 1.82) is 0 Å². The molecule has 26 heavy (non-hydrogen) atoms. The minimum Gasteiger partial charge on any atom is -0.0652 e. The van der Waals surface area contributed by atoms with Crippen LogP contribution < -0.4 is 15.9 Å². The van der Waals surface area contributed by atoms with E-state index in [-0.39, 0.29) is 0 Å². The third-order valence-corrected chi connectivity index (χ3v) is 10.4. The quantitative estimate of drug-likeness (QED) is 0.494. The summed E-state index contributed by atoms with van der Waals surface area (Å²) in [5.41, 5.74) is 4.26. The first-order valence-corrected chi connectivity index (χ1v) is 11.7. The van der Waals surface area contributed by atoms with Gasteiger partial charge >= 0.3 is 0 Å². The molecular weight excluding hydrogens is 331 g/mol. The van der Waals surface area contributed by atoms with E-state index in [1.807, 2.05) is 0 Å². The van der Waals surface area contributed by atoms with Crippen LogP contribution in [0.3, 0.4) is 0 Å². The first kappa shape index (κ1) is 18.9. The van der Waals surface area contributed by atoms with Crippen LogP contribution in [0.2, 0.25) is 0 Å². The molecule has 3 aromatic rings. The average molecular weight is 361 g/mol. The molecule has 134 valence electrons. The Morgan fingerprint density at radius 3 is 1.23 bits per heavy atom. The summed E-state index contributed by atoms with van der Waals surface area (Å²) in [5, 5.41) is 4.66. The van der Waals surface area contributed by atoms with Crippen molar-refractivity contribution in [1.82, 2.24) is 0 Å². The van der Waals surface area contributed by atoms with E-state index in [0.717, 1.165) is 0 Å². The van der Waals surface area contributed by atoms with Gasteiger partial charge in [0.15, 0.2) is 0 Å². The van der Waals surface area contributed by atoms with E-state index in [9.17, 15) is 0 Å². The molecule has 3 rings (SSSR count).